The van der Waals surface area contributed by atoms with E-state index in [0.717, 1.165) is 36.1 Å². The Hall–Kier alpha value is -3.98. The number of hydrogen-bond acceptors (Lipinski definition) is 6. The zero-order valence-corrected chi connectivity index (χ0v) is 24.8. The number of nitrogens with zero attached hydrogens (tertiary/aromatic N) is 4. The molecule has 4 aromatic rings. The predicted octanol–water partition coefficient (Wildman–Crippen LogP) is 7.08. The number of aromatic nitrogens is 3. The maximum atomic E-state index is 14.3. The van der Waals surface area contributed by atoms with Gasteiger partial charge in [-0.05, 0) is 86.0 Å². The number of carbonyl (C=O) groups excluding carboxylic acids is 1. The van der Waals surface area contributed by atoms with Crippen LogP contribution in [0.1, 0.15) is 61.5 Å². The van der Waals surface area contributed by atoms with Crippen LogP contribution in [0.4, 0.5) is 5.69 Å². The van der Waals surface area contributed by atoms with Crippen molar-refractivity contribution < 1.29 is 9.72 Å². The first kappa shape index (κ1) is 27.8. The van der Waals surface area contributed by atoms with E-state index in [4.69, 9.17) is 5.10 Å². The molecule has 4 saturated carbocycles. The first-order valence-corrected chi connectivity index (χ1v) is 16.2. The predicted molar refractivity (Wildman–Crippen MR) is 166 cm³/mol. The molecule has 220 valence electrons. The Balaban J connectivity index is 1.26. The Morgan fingerprint density at radius 3 is 2.05 bits per heavy atom. The highest BCUT2D eigenvalue weighted by Crippen LogP contribution is 2.60. The van der Waals surface area contributed by atoms with Crippen LogP contribution in [0, 0.1) is 33.3 Å². The van der Waals surface area contributed by atoms with Crippen LogP contribution >= 0.6 is 11.8 Å². The summed E-state index contributed by atoms with van der Waals surface area (Å²) in [5, 5.41) is 24.9. The molecule has 43 heavy (non-hydrogen) atoms. The Morgan fingerprint density at radius 2 is 1.47 bits per heavy atom. The van der Waals surface area contributed by atoms with Crippen molar-refractivity contribution in [1.82, 2.24) is 20.1 Å². The molecular weight excluding hydrogens is 558 g/mol. The quantitative estimate of drug-likeness (QED) is 0.120. The molecule has 0 radical (unpaired) electrons. The molecule has 8 nitrogen and oxygen atoms in total. The van der Waals surface area contributed by atoms with Gasteiger partial charge in [-0.3, -0.25) is 19.5 Å². The van der Waals surface area contributed by atoms with Crippen LogP contribution in [0.5, 0.6) is 0 Å². The van der Waals surface area contributed by atoms with Crippen molar-refractivity contribution >= 4 is 23.4 Å². The third-order valence-corrected chi connectivity index (χ3v) is 10.6. The van der Waals surface area contributed by atoms with E-state index in [9.17, 15) is 14.9 Å². The fourth-order valence-electron chi connectivity index (χ4n) is 8.05. The number of non-ortho nitro benzene ring substituents is 1. The lowest BCUT2D eigenvalue weighted by Crippen LogP contribution is -2.54. The van der Waals surface area contributed by atoms with E-state index in [-0.39, 0.29) is 17.0 Å². The van der Waals surface area contributed by atoms with Crippen molar-refractivity contribution in [2.45, 2.75) is 61.9 Å². The lowest BCUT2D eigenvalue weighted by Gasteiger charge is -2.55. The van der Waals surface area contributed by atoms with Crippen LogP contribution in [-0.4, -0.2) is 25.6 Å². The van der Waals surface area contributed by atoms with Gasteiger partial charge in [0.25, 0.3) is 5.69 Å². The maximum Gasteiger partial charge on any atom is 0.269 e. The first-order valence-electron chi connectivity index (χ1n) is 15.2. The zero-order chi connectivity index (χ0) is 29.4. The van der Waals surface area contributed by atoms with Crippen molar-refractivity contribution in [2.24, 2.45) is 23.2 Å². The summed E-state index contributed by atoms with van der Waals surface area (Å²) in [6.07, 6.45) is 7.33. The average molecular weight is 594 g/mol. The third kappa shape index (κ3) is 5.70. The SMILES string of the molecule is O=C(NC(Cc1ccccc1)c1nnc(SCc2ccccc2)n1-c1ccc([N+](=O)[O-])cc1)C12CC3CC(CC(C3)C1)C2. The Labute approximate surface area is 255 Å². The van der Waals surface area contributed by atoms with Crippen LogP contribution in [0.2, 0.25) is 0 Å². The molecule has 0 aliphatic heterocycles. The third-order valence-electron chi connectivity index (χ3n) is 9.61. The van der Waals surface area contributed by atoms with Crippen LogP contribution < -0.4 is 5.32 Å². The van der Waals surface area contributed by atoms with Gasteiger partial charge in [0.15, 0.2) is 11.0 Å². The van der Waals surface area contributed by atoms with Gasteiger partial charge in [0.2, 0.25) is 5.91 Å². The molecule has 1 atom stereocenters. The molecule has 1 heterocycles. The lowest BCUT2D eigenvalue weighted by atomic mass is 9.49. The Morgan fingerprint density at radius 1 is 0.884 bits per heavy atom. The molecule has 0 spiro atoms. The largest absolute Gasteiger partial charge is 0.345 e. The molecule has 0 saturated heterocycles. The highest BCUT2D eigenvalue weighted by molar-refractivity contribution is 7.98. The fraction of sp³-hybridized carbons (Fsp3) is 0.382. The van der Waals surface area contributed by atoms with E-state index < -0.39 is 11.0 Å². The number of nitrogens with one attached hydrogen (secondary N) is 1. The summed E-state index contributed by atoms with van der Waals surface area (Å²) < 4.78 is 1.96. The van der Waals surface area contributed by atoms with Gasteiger partial charge in [-0.15, -0.1) is 10.2 Å². The Bertz CT molecular complexity index is 1570. The lowest BCUT2D eigenvalue weighted by molar-refractivity contribution is -0.384. The molecule has 9 heteroatoms. The smallest absolute Gasteiger partial charge is 0.269 e. The van der Waals surface area contributed by atoms with Gasteiger partial charge in [0.05, 0.1) is 11.0 Å². The normalized spacial score (nSPS) is 24.5. The van der Waals surface area contributed by atoms with E-state index in [1.807, 2.05) is 41.0 Å². The number of carbonyl (C=O) groups is 1. The van der Waals surface area contributed by atoms with Gasteiger partial charge in [-0.2, -0.15) is 0 Å². The summed E-state index contributed by atoms with van der Waals surface area (Å²) in [6, 6.07) is 26.4. The van der Waals surface area contributed by atoms with E-state index in [1.165, 1.54) is 31.4 Å². The summed E-state index contributed by atoms with van der Waals surface area (Å²) in [6.45, 7) is 0. The summed E-state index contributed by atoms with van der Waals surface area (Å²) in [5.74, 6) is 3.45. The molecule has 4 aliphatic carbocycles. The highest BCUT2D eigenvalue weighted by Gasteiger charge is 2.55. The van der Waals surface area contributed by atoms with E-state index >= 15 is 0 Å². The second-order valence-corrected chi connectivity index (χ2v) is 13.6. The first-order chi connectivity index (χ1) is 21.0. The summed E-state index contributed by atoms with van der Waals surface area (Å²) in [5.41, 5.74) is 2.70. The van der Waals surface area contributed by atoms with Crippen molar-refractivity contribution in [3.05, 3.63) is 112 Å². The van der Waals surface area contributed by atoms with Crippen LogP contribution in [-0.2, 0) is 17.0 Å². The van der Waals surface area contributed by atoms with E-state index in [1.54, 1.807) is 23.9 Å². The molecular formula is C34H35N5O3S. The fourth-order valence-corrected chi connectivity index (χ4v) is 8.96. The van der Waals surface area contributed by atoms with Gasteiger partial charge in [0.1, 0.15) is 0 Å². The number of hydrogen-bond donors (Lipinski definition) is 1. The highest BCUT2D eigenvalue weighted by atomic mass is 32.2. The number of thioether (sulfide) groups is 1. The molecule has 4 aliphatic rings. The molecule has 1 aromatic heterocycles. The second kappa shape index (κ2) is 11.6. The standard InChI is InChI=1S/C34H35N5O3S/c40-32(34-19-25-15-26(20-34)17-27(16-25)21-34)35-30(18-23-7-3-1-4-8-23)31-36-37-33(43-22-24-9-5-2-6-10-24)38(31)28-11-13-29(14-12-28)39(41)42/h1-14,25-27,30H,15-22H2,(H,35,40). The molecule has 8 rings (SSSR count). The number of nitro benzene ring substituents is 1. The van der Waals surface area contributed by atoms with Crippen molar-refractivity contribution in [1.29, 1.82) is 0 Å². The molecule has 1 unspecified atom stereocenters. The maximum absolute atomic E-state index is 14.3. The second-order valence-electron chi connectivity index (χ2n) is 12.6. The average Bonchev–Trinajstić information content (AvgIpc) is 3.44. The van der Waals surface area contributed by atoms with Gasteiger partial charge in [-0.1, -0.05) is 72.4 Å². The van der Waals surface area contributed by atoms with Crippen molar-refractivity contribution in [2.75, 3.05) is 0 Å². The number of benzene rings is 3. The van der Waals surface area contributed by atoms with Crippen molar-refractivity contribution in [3.63, 3.8) is 0 Å². The molecule has 3 aromatic carbocycles. The minimum Gasteiger partial charge on any atom is -0.345 e. The molecule has 4 bridgehead atoms. The minimum absolute atomic E-state index is 0.0211. The van der Waals surface area contributed by atoms with E-state index in [0.29, 0.717) is 40.9 Å². The van der Waals surface area contributed by atoms with Crippen molar-refractivity contribution in [3.8, 4) is 5.69 Å². The minimum atomic E-state index is -0.420. The molecule has 4 fully saturated rings. The van der Waals surface area contributed by atoms with Gasteiger partial charge in [0, 0.05) is 29.0 Å². The van der Waals surface area contributed by atoms with Gasteiger partial charge < -0.3 is 5.32 Å². The number of rotatable bonds is 10. The topological polar surface area (TPSA) is 103 Å². The monoisotopic (exact) mass is 593 g/mol. The van der Waals surface area contributed by atoms with Gasteiger partial charge >= 0.3 is 0 Å². The Kier molecular flexibility index (Phi) is 7.51. The van der Waals surface area contributed by atoms with Crippen LogP contribution in [0.3, 0.4) is 0 Å². The number of nitro groups is 1. The molecule has 1 amide bonds. The zero-order valence-electron chi connectivity index (χ0n) is 24.0. The van der Waals surface area contributed by atoms with E-state index in [2.05, 4.69) is 34.7 Å². The number of amides is 1. The van der Waals surface area contributed by atoms with Crippen LogP contribution in [0.25, 0.3) is 5.69 Å². The summed E-state index contributed by atoms with van der Waals surface area (Å²) in [4.78, 5) is 25.3. The molecule has 1 N–H and O–H groups in total. The summed E-state index contributed by atoms with van der Waals surface area (Å²) in [7, 11) is 0. The van der Waals surface area contributed by atoms with Gasteiger partial charge in [-0.25, -0.2) is 0 Å². The van der Waals surface area contributed by atoms with Crippen LogP contribution in [0.15, 0.2) is 90.1 Å². The summed E-state index contributed by atoms with van der Waals surface area (Å²) >= 11 is 1.56.